The number of rotatable bonds is 4. The van der Waals surface area contributed by atoms with E-state index >= 15 is 0 Å². The maximum atomic E-state index is 10.6. The molecule has 0 aliphatic heterocycles. The van der Waals surface area contributed by atoms with Gasteiger partial charge in [-0.3, -0.25) is 10.1 Å². The van der Waals surface area contributed by atoms with Gasteiger partial charge in [-0.1, -0.05) is 11.3 Å². The predicted octanol–water partition coefficient (Wildman–Crippen LogP) is 1.80. The minimum atomic E-state index is -0.388. The van der Waals surface area contributed by atoms with Crippen LogP contribution in [-0.2, 0) is 0 Å². The van der Waals surface area contributed by atoms with Gasteiger partial charge in [-0.05, 0) is 25.3 Å². The van der Waals surface area contributed by atoms with Gasteiger partial charge in [-0.2, -0.15) is 0 Å². The smallest absolute Gasteiger partial charge is 0.347 e. The molecule has 0 fully saturated rings. The zero-order chi connectivity index (χ0) is 10.7. The van der Waals surface area contributed by atoms with Crippen LogP contribution in [0.15, 0.2) is 11.4 Å². The molecule has 78 valence electrons. The average Bonchev–Trinajstić information content (AvgIpc) is 2.52. The number of thiophene rings is 1. The maximum absolute atomic E-state index is 10.6. The molecule has 0 saturated carbocycles. The van der Waals surface area contributed by atoms with Crippen molar-refractivity contribution in [2.75, 3.05) is 5.32 Å². The van der Waals surface area contributed by atoms with E-state index in [1.807, 2.05) is 13.8 Å². The lowest BCUT2D eigenvalue weighted by Crippen LogP contribution is -2.35. The third kappa shape index (κ3) is 2.43. The van der Waals surface area contributed by atoms with E-state index in [4.69, 9.17) is 5.73 Å². The van der Waals surface area contributed by atoms with Crippen molar-refractivity contribution in [3.63, 3.8) is 0 Å². The van der Waals surface area contributed by atoms with Gasteiger partial charge in [0.1, 0.15) is 5.69 Å². The summed E-state index contributed by atoms with van der Waals surface area (Å²) in [4.78, 5) is 10.2. The minimum Gasteiger partial charge on any atom is -0.375 e. The van der Waals surface area contributed by atoms with Crippen LogP contribution in [-0.4, -0.2) is 17.0 Å². The van der Waals surface area contributed by atoms with Crippen LogP contribution in [0.1, 0.15) is 13.8 Å². The van der Waals surface area contributed by atoms with Crippen LogP contribution in [0.25, 0.3) is 0 Å². The third-order valence-electron chi connectivity index (χ3n) is 1.98. The summed E-state index contributed by atoms with van der Waals surface area (Å²) in [6.45, 7) is 3.75. The molecule has 3 N–H and O–H groups in total. The fourth-order valence-electron chi connectivity index (χ4n) is 0.929. The standard InChI is InChI=1S/C8H13N3O2S/c1-5(9)6(2)10-7-3-4-14-8(7)11(12)13/h3-6,10H,9H2,1-2H3. The van der Waals surface area contributed by atoms with Crippen molar-refractivity contribution in [2.45, 2.75) is 25.9 Å². The molecule has 0 radical (unpaired) electrons. The number of nitrogens with one attached hydrogen (secondary N) is 1. The second kappa shape index (κ2) is 4.39. The van der Waals surface area contributed by atoms with Crippen LogP contribution in [0.2, 0.25) is 0 Å². The topological polar surface area (TPSA) is 81.2 Å². The number of hydrogen-bond donors (Lipinski definition) is 2. The molecule has 2 unspecified atom stereocenters. The average molecular weight is 215 g/mol. The molecule has 0 saturated heterocycles. The Kier molecular flexibility index (Phi) is 3.43. The Labute approximate surface area is 86.1 Å². The quantitative estimate of drug-likeness (QED) is 0.592. The van der Waals surface area contributed by atoms with Crippen molar-refractivity contribution >= 4 is 22.0 Å². The van der Waals surface area contributed by atoms with Crippen molar-refractivity contribution in [3.05, 3.63) is 21.6 Å². The van der Waals surface area contributed by atoms with Gasteiger partial charge in [0.25, 0.3) is 0 Å². The zero-order valence-corrected chi connectivity index (χ0v) is 8.88. The first kappa shape index (κ1) is 10.9. The van der Waals surface area contributed by atoms with E-state index in [9.17, 15) is 10.1 Å². The third-order valence-corrected chi connectivity index (χ3v) is 2.85. The number of nitrogens with two attached hydrogens (primary N) is 1. The molecule has 1 rings (SSSR count). The van der Waals surface area contributed by atoms with Gasteiger partial charge in [0.15, 0.2) is 0 Å². The Bertz CT molecular complexity index is 324. The molecule has 1 aromatic heterocycles. The molecule has 6 heteroatoms. The maximum Gasteiger partial charge on any atom is 0.347 e. The van der Waals surface area contributed by atoms with E-state index in [0.717, 1.165) is 11.3 Å². The first-order valence-electron chi connectivity index (χ1n) is 4.26. The van der Waals surface area contributed by atoms with Gasteiger partial charge >= 0.3 is 5.00 Å². The van der Waals surface area contributed by atoms with Gasteiger partial charge in [0.05, 0.1) is 4.92 Å². The van der Waals surface area contributed by atoms with E-state index in [1.165, 1.54) is 0 Å². The van der Waals surface area contributed by atoms with E-state index in [1.54, 1.807) is 11.4 Å². The van der Waals surface area contributed by atoms with Crippen molar-refractivity contribution in [3.8, 4) is 0 Å². The lowest BCUT2D eigenvalue weighted by Gasteiger charge is -2.17. The molecule has 0 aromatic carbocycles. The number of anilines is 1. The Balaban J connectivity index is 2.76. The van der Waals surface area contributed by atoms with Crippen LogP contribution in [0.4, 0.5) is 10.7 Å². The highest BCUT2D eigenvalue weighted by atomic mass is 32.1. The molecule has 2 atom stereocenters. The Morgan fingerprint density at radius 2 is 2.29 bits per heavy atom. The van der Waals surface area contributed by atoms with Crippen LogP contribution in [0, 0.1) is 10.1 Å². The lowest BCUT2D eigenvalue weighted by atomic mass is 10.2. The molecular weight excluding hydrogens is 202 g/mol. The minimum absolute atomic E-state index is 0.0169. The summed E-state index contributed by atoms with van der Waals surface area (Å²) in [5.74, 6) is 0. The highest BCUT2D eigenvalue weighted by Crippen LogP contribution is 2.31. The molecule has 0 bridgehead atoms. The fraction of sp³-hybridized carbons (Fsp3) is 0.500. The molecule has 0 spiro atoms. The highest BCUT2D eigenvalue weighted by molar-refractivity contribution is 7.14. The van der Waals surface area contributed by atoms with Gasteiger partial charge < -0.3 is 11.1 Å². The lowest BCUT2D eigenvalue weighted by molar-refractivity contribution is -0.379. The van der Waals surface area contributed by atoms with Crippen molar-refractivity contribution in [1.29, 1.82) is 0 Å². The molecule has 5 nitrogen and oxygen atoms in total. The molecule has 14 heavy (non-hydrogen) atoms. The van der Waals surface area contributed by atoms with E-state index in [2.05, 4.69) is 5.32 Å². The number of hydrogen-bond acceptors (Lipinski definition) is 5. The summed E-state index contributed by atoms with van der Waals surface area (Å²) in [5.41, 5.74) is 6.20. The van der Waals surface area contributed by atoms with Crippen LogP contribution >= 0.6 is 11.3 Å². The largest absolute Gasteiger partial charge is 0.375 e. The van der Waals surface area contributed by atoms with Crippen molar-refractivity contribution in [1.82, 2.24) is 0 Å². The number of nitrogens with zero attached hydrogens (tertiary/aromatic N) is 1. The van der Waals surface area contributed by atoms with Gasteiger partial charge in [0, 0.05) is 12.1 Å². The van der Waals surface area contributed by atoms with E-state index in [-0.39, 0.29) is 22.0 Å². The van der Waals surface area contributed by atoms with Gasteiger partial charge in [0.2, 0.25) is 0 Å². The molecular formula is C8H13N3O2S. The Morgan fingerprint density at radius 1 is 1.64 bits per heavy atom. The number of nitro groups is 1. The van der Waals surface area contributed by atoms with E-state index < -0.39 is 0 Å². The first-order valence-corrected chi connectivity index (χ1v) is 5.14. The highest BCUT2D eigenvalue weighted by Gasteiger charge is 2.17. The van der Waals surface area contributed by atoms with Crippen LogP contribution in [0.3, 0.4) is 0 Å². The molecule has 0 amide bonds. The summed E-state index contributed by atoms with van der Waals surface area (Å²) < 4.78 is 0. The molecule has 1 aromatic rings. The van der Waals surface area contributed by atoms with Crippen molar-refractivity contribution in [2.24, 2.45) is 5.73 Å². The summed E-state index contributed by atoms with van der Waals surface area (Å²) in [5, 5.41) is 15.4. The Hall–Kier alpha value is -1.14. The molecule has 1 heterocycles. The fourth-order valence-corrected chi connectivity index (χ4v) is 1.60. The summed E-state index contributed by atoms with van der Waals surface area (Å²) >= 11 is 1.11. The zero-order valence-electron chi connectivity index (χ0n) is 8.06. The normalized spacial score (nSPS) is 14.8. The monoisotopic (exact) mass is 215 g/mol. The second-order valence-electron chi connectivity index (χ2n) is 3.19. The summed E-state index contributed by atoms with van der Waals surface area (Å²) in [6.07, 6.45) is 0. The summed E-state index contributed by atoms with van der Waals surface area (Å²) in [6, 6.07) is 1.67. The van der Waals surface area contributed by atoms with Crippen molar-refractivity contribution < 1.29 is 4.92 Å². The van der Waals surface area contributed by atoms with E-state index in [0.29, 0.717) is 5.69 Å². The van der Waals surface area contributed by atoms with Gasteiger partial charge in [-0.15, -0.1) is 0 Å². The molecule has 0 aliphatic carbocycles. The van der Waals surface area contributed by atoms with Crippen LogP contribution < -0.4 is 11.1 Å². The SMILES string of the molecule is CC(N)C(C)Nc1ccsc1[N+](=O)[O-]. The van der Waals surface area contributed by atoms with Gasteiger partial charge in [-0.25, -0.2) is 0 Å². The van der Waals surface area contributed by atoms with Crippen LogP contribution in [0.5, 0.6) is 0 Å². The molecule has 0 aliphatic rings. The summed E-state index contributed by atoms with van der Waals surface area (Å²) in [7, 11) is 0. The first-order chi connectivity index (χ1) is 6.52. The second-order valence-corrected chi connectivity index (χ2v) is 4.08. The predicted molar refractivity (Wildman–Crippen MR) is 57.7 cm³/mol. The Morgan fingerprint density at radius 3 is 2.79 bits per heavy atom.